The molecule has 0 unspecified atom stereocenters. The first-order valence-corrected chi connectivity index (χ1v) is 8.23. The molecule has 0 radical (unpaired) electrons. The summed E-state index contributed by atoms with van der Waals surface area (Å²) in [6.45, 7) is 8.78. The lowest BCUT2D eigenvalue weighted by Gasteiger charge is -2.24. The quantitative estimate of drug-likeness (QED) is 0.783. The van der Waals surface area contributed by atoms with Crippen molar-refractivity contribution in [2.45, 2.75) is 39.7 Å². The molecule has 0 bridgehead atoms. The van der Waals surface area contributed by atoms with Gasteiger partial charge in [-0.15, -0.1) is 0 Å². The van der Waals surface area contributed by atoms with Gasteiger partial charge in [-0.2, -0.15) is 0 Å². The van der Waals surface area contributed by atoms with Crippen molar-refractivity contribution in [2.75, 3.05) is 0 Å². The minimum Gasteiger partial charge on any atom is -0.489 e. The normalized spacial score (nSPS) is 11.3. The molecule has 0 aliphatic rings. The Kier molecular flexibility index (Phi) is 5.15. The smallest absolute Gasteiger partial charge is 0.335 e. The molecule has 0 aliphatic carbocycles. The van der Waals surface area contributed by atoms with Crippen LogP contribution in [0.15, 0.2) is 40.9 Å². The van der Waals surface area contributed by atoms with Crippen LogP contribution in [0.25, 0.3) is 0 Å². The van der Waals surface area contributed by atoms with Crippen LogP contribution in [-0.2, 0) is 12.0 Å². The molecule has 0 saturated heterocycles. The largest absolute Gasteiger partial charge is 0.489 e. The fourth-order valence-corrected chi connectivity index (χ4v) is 2.66. The zero-order valence-electron chi connectivity index (χ0n) is 13.8. The third kappa shape index (κ3) is 4.35. The molecular formula is C19H21BrO3. The topological polar surface area (TPSA) is 46.5 Å². The van der Waals surface area contributed by atoms with E-state index in [2.05, 4.69) is 42.8 Å². The summed E-state index contributed by atoms with van der Waals surface area (Å²) >= 11 is 3.57. The van der Waals surface area contributed by atoms with Crippen LogP contribution in [0.3, 0.4) is 0 Å². The number of carboxylic acid groups (broad SMARTS) is 1. The molecule has 2 rings (SSSR count). The van der Waals surface area contributed by atoms with E-state index in [1.54, 1.807) is 18.2 Å². The van der Waals surface area contributed by atoms with E-state index in [1.165, 1.54) is 0 Å². The molecular weight excluding hydrogens is 356 g/mol. The SMILES string of the molecule is Cc1cc(OCc2cccc(C(=O)O)c2)c(C(C)(C)C)cc1Br. The zero-order valence-corrected chi connectivity index (χ0v) is 15.4. The van der Waals surface area contributed by atoms with Crippen molar-refractivity contribution in [1.29, 1.82) is 0 Å². The van der Waals surface area contributed by atoms with E-state index in [0.29, 0.717) is 6.61 Å². The van der Waals surface area contributed by atoms with Gasteiger partial charge in [0, 0.05) is 10.0 Å². The average Bonchev–Trinajstić information content (AvgIpc) is 2.47. The molecule has 0 amide bonds. The van der Waals surface area contributed by atoms with Crippen molar-refractivity contribution in [3.05, 3.63) is 63.1 Å². The van der Waals surface area contributed by atoms with E-state index in [-0.39, 0.29) is 11.0 Å². The van der Waals surface area contributed by atoms with Crippen LogP contribution in [0.1, 0.15) is 47.8 Å². The van der Waals surface area contributed by atoms with Crippen LogP contribution in [0.4, 0.5) is 0 Å². The van der Waals surface area contributed by atoms with Crippen LogP contribution in [0.2, 0.25) is 0 Å². The number of ether oxygens (including phenoxy) is 1. The molecule has 3 nitrogen and oxygen atoms in total. The Morgan fingerprint density at radius 3 is 2.52 bits per heavy atom. The highest BCUT2D eigenvalue weighted by atomic mass is 79.9. The van der Waals surface area contributed by atoms with Gasteiger partial charge in [0.15, 0.2) is 0 Å². The minimum atomic E-state index is -0.929. The van der Waals surface area contributed by atoms with Gasteiger partial charge < -0.3 is 9.84 Å². The van der Waals surface area contributed by atoms with Gasteiger partial charge in [0.1, 0.15) is 12.4 Å². The Morgan fingerprint density at radius 2 is 1.91 bits per heavy atom. The summed E-state index contributed by atoms with van der Waals surface area (Å²) in [6.07, 6.45) is 0. The van der Waals surface area contributed by atoms with Crippen LogP contribution < -0.4 is 4.74 Å². The van der Waals surface area contributed by atoms with Crippen LogP contribution in [-0.4, -0.2) is 11.1 Å². The van der Waals surface area contributed by atoms with Gasteiger partial charge in [0.05, 0.1) is 5.56 Å². The molecule has 0 fully saturated rings. The average molecular weight is 377 g/mol. The van der Waals surface area contributed by atoms with Crippen molar-refractivity contribution < 1.29 is 14.6 Å². The van der Waals surface area contributed by atoms with Gasteiger partial charge in [-0.1, -0.05) is 48.8 Å². The van der Waals surface area contributed by atoms with E-state index in [4.69, 9.17) is 9.84 Å². The van der Waals surface area contributed by atoms with E-state index < -0.39 is 5.97 Å². The summed E-state index contributed by atoms with van der Waals surface area (Å²) < 4.78 is 7.06. The number of aryl methyl sites for hydroxylation is 1. The molecule has 0 spiro atoms. The third-order valence-corrected chi connectivity index (χ3v) is 4.49. The van der Waals surface area contributed by atoms with Gasteiger partial charge in [0.25, 0.3) is 0 Å². The van der Waals surface area contributed by atoms with E-state index in [0.717, 1.165) is 26.9 Å². The van der Waals surface area contributed by atoms with Gasteiger partial charge in [-0.05, 0) is 47.7 Å². The second kappa shape index (κ2) is 6.75. The molecule has 122 valence electrons. The van der Waals surface area contributed by atoms with Crippen LogP contribution in [0.5, 0.6) is 5.75 Å². The zero-order chi connectivity index (χ0) is 17.2. The van der Waals surface area contributed by atoms with Crippen molar-refractivity contribution in [1.82, 2.24) is 0 Å². The fourth-order valence-electron chi connectivity index (χ4n) is 2.32. The van der Waals surface area contributed by atoms with Crippen molar-refractivity contribution in [3.8, 4) is 5.75 Å². The highest BCUT2D eigenvalue weighted by Gasteiger charge is 2.20. The van der Waals surface area contributed by atoms with Crippen molar-refractivity contribution in [2.24, 2.45) is 0 Å². The summed E-state index contributed by atoms with van der Waals surface area (Å²) in [6, 6.07) is 10.9. The van der Waals surface area contributed by atoms with Gasteiger partial charge in [-0.25, -0.2) is 4.79 Å². The molecule has 2 aromatic carbocycles. The number of benzene rings is 2. The predicted molar refractivity (Wildman–Crippen MR) is 95.3 cm³/mol. The number of hydrogen-bond acceptors (Lipinski definition) is 2. The highest BCUT2D eigenvalue weighted by molar-refractivity contribution is 9.10. The number of carboxylic acids is 1. The lowest BCUT2D eigenvalue weighted by Crippen LogP contribution is -2.14. The summed E-state index contributed by atoms with van der Waals surface area (Å²) in [7, 11) is 0. The standard InChI is InChI=1S/C19H21BrO3/c1-12-8-17(15(10-16(12)20)19(2,3)4)23-11-13-6-5-7-14(9-13)18(21)22/h5-10H,11H2,1-4H3,(H,21,22). The number of rotatable bonds is 4. The fraction of sp³-hybridized carbons (Fsp3) is 0.316. The van der Waals surface area contributed by atoms with Crippen LogP contribution in [0, 0.1) is 6.92 Å². The van der Waals surface area contributed by atoms with Gasteiger partial charge >= 0.3 is 5.97 Å². The lowest BCUT2D eigenvalue weighted by molar-refractivity contribution is 0.0696. The first-order chi connectivity index (χ1) is 10.7. The highest BCUT2D eigenvalue weighted by Crippen LogP contribution is 2.36. The number of carbonyl (C=O) groups is 1. The van der Waals surface area contributed by atoms with E-state index >= 15 is 0 Å². The van der Waals surface area contributed by atoms with Gasteiger partial charge in [0.2, 0.25) is 0 Å². The predicted octanol–water partition coefficient (Wildman–Crippen LogP) is 5.33. The Balaban J connectivity index is 2.28. The molecule has 0 aliphatic heterocycles. The first-order valence-electron chi connectivity index (χ1n) is 7.44. The summed E-state index contributed by atoms with van der Waals surface area (Å²) in [4.78, 5) is 11.0. The maximum Gasteiger partial charge on any atom is 0.335 e. The van der Waals surface area contributed by atoms with Crippen LogP contribution >= 0.6 is 15.9 Å². The Labute approximate surface area is 145 Å². The van der Waals surface area contributed by atoms with Gasteiger partial charge in [-0.3, -0.25) is 0 Å². The molecule has 4 heteroatoms. The second-order valence-corrected chi connectivity index (χ2v) is 7.50. The van der Waals surface area contributed by atoms with E-state index in [1.807, 2.05) is 19.1 Å². The van der Waals surface area contributed by atoms with E-state index in [9.17, 15) is 4.79 Å². The summed E-state index contributed by atoms with van der Waals surface area (Å²) in [5.74, 6) is -0.0966. The third-order valence-electron chi connectivity index (χ3n) is 3.64. The first kappa shape index (κ1) is 17.5. The molecule has 0 atom stereocenters. The molecule has 2 aromatic rings. The Morgan fingerprint density at radius 1 is 1.22 bits per heavy atom. The minimum absolute atomic E-state index is 0.0472. The molecule has 0 aromatic heterocycles. The summed E-state index contributed by atoms with van der Waals surface area (Å²) in [5, 5.41) is 9.07. The van der Waals surface area contributed by atoms with Crippen molar-refractivity contribution >= 4 is 21.9 Å². The number of hydrogen-bond donors (Lipinski definition) is 1. The maximum absolute atomic E-state index is 11.0. The maximum atomic E-state index is 11.0. The molecule has 23 heavy (non-hydrogen) atoms. The number of halogens is 1. The summed E-state index contributed by atoms with van der Waals surface area (Å²) in [5.41, 5.74) is 3.28. The van der Waals surface area contributed by atoms with Crippen molar-refractivity contribution in [3.63, 3.8) is 0 Å². The lowest BCUT2D eigenvalue weighted by atomic mass is 9.86. The molecule has 0 saturated carbocycles. The number of aromatic carboxylic acids is 1. The molecule has 1 N–H and O–H groups in total. The Hall–Kier alpha value is -1.81. The molecule has 0 heterocycles. The monoisotopic (exact) mass is 376 g/mol. The second-order valence-electron chi connectivity index (χ2n) is 6.64. The Bertz CT molecular complexity index is 730.